The molecule has 1 unspecified atom stereocenters. The summed E-state index contributed by atoms with van der Waals surface area (Å²) in [7, 11) is 0. The molecule has 0 radical (unpaired) electrons. The monoisotopic (exact) mass is 268 g/mol. The molecular formula is C13H20N2O2S. The van der Waals surface area contributed by atoms with Gasteiger partial charge in [0, 0.05) is 23.3 Å². The van der Waals surface area contributed by atoms with Gasteiger partial charge >= 0.3 is 5.97 Å². The molecule has 2 rings (SSSR count). The van der Waals surface area contributed by atoms with Crippen molar-refractivity contribution in [2.75, 3.05) is 26.2 Å². The van der Waals surface area contributed by atoms with Gasteiger partial charge in [-0.1, -0.05) is 6.92 Å². The molecule has 0 spiro atoms. The van der Waals surface area contributed by atoms with Gasteiger partial charge in [0.2, 0.25) is 0 Å². The highest BCUT2D eigenvalue weighted by atomic mass is 32.1. The summed E-state index contributed by atoms with van der Waals surface area (Å²) in [5.74, 6) is -0.101. The summed E-state index contributed by atoms with van der Waals surface area (Å²) in [5, 5.41) is 14.0. The average Bonchev–Trinajstić information content (AvgIpc) is 2.97. The first-order chi connectivity index (χ1) is 8.69. The zero-order valence-corrected chi connectivity index (χ0v) is 11.5. The number of likely N-dealkylation sites (tertiary alicyclic amines) is 1. The molecule has 1 aromatic rings. The van der Waals surface area contributed by atoms with E-state index in [-0.39, 0.29) is 0 Å². The quantitative estimate of drug-likeness (QED) is 0.827. The first kappa shape index (κ1) is 13.5. The Labute approximate surface area is 112 Å². The molecule has 1 aliphatic rings. The van der Waals surface area contributed by atoms with Crippen LogP contribution in [0.15, 0.2) is 11.4 Å². The summed E-state index contributed by atoms with van der Waals surface area (Å²) < 4.78 is 0. The van der Waals surface area contributed by atoms with Crippen LogP contribution in [-0.4, -0.2) is 42.2 Å². The lowest BCUT2D eigenvalue weighted by Crippen LogP contribution is -2.25. The molecule has 5 heteroatoms. The summed E-state index contributed by atoms with van der Waals surface area (Å²) in [6, 6.07) is 1.76. The minimum atomic E-state index is -0.841. The van der Waals surface area contributed by atoms with Gasteiger partial charge in [-0.15, -0.1) is 11.3 Å². The Morgan fingerprint density at radius 2 is 2.50 bits per heavy atom. The Hall–Kier alpha value is -0.910. The van der Waals surface area contributed by atoms with Gasteiger partial charge in [-0.3, -0.25) is 0 Å². The maximum absolute atomic E-state index is 10.7. The third-order valence-electron chi connectivity index (χ3n) is 3.45. The summed E-state index contributed by atoms with van der Waals surface area (Å²) in [6.45, 7) is 7.55. The number of carbonyl (C=O) groups is 1. The molecule has 0 amide bonds. The smallest absolute Gasteiger partial charge is 0.336 e. The first-order valence-corrected chi connectivity index (χ1v) is 7.30. The van der Waals surface area contributed by atoms with Crippen LogP contribution in [0.25, 0.3) is 0 Å². The van der Waals surface area contributed by atoms with Gasteiger partial charge in [-0.2, -0.15) is 0 Å². The largest absolute Gasteiger partial charge is 0.478 e. The minimum absolute atomic E-state index is 0.398. The first-order valence-electron chi connectivity index (χ1n) is 6.42. The molecule has 1 atom stereocenters. The van der Waals surface area contributed by atoms with Crippen molar-refractivity contribution in [2.24, 2.45) is 5.92 Å². The number of hydrogen-bond acceptors (Lipinski definition) is 4. The number of nitrogens with one attached hydrogen (secondary N) is 1. The predicted molar refractivity (Wildman–Crippen MR) is 73.2 cm³/mol. The second kappa shape index (κ2) is 6.31. The van der Waals surface area contributed by atoms with E-state index >= 15 is 0 Å². The molecule has 0 aliphatic carbocycles. The average molecular weight is 268 g/mol. The zero-order chi connectivity index (χ0) is 13.0. The molecule has 1 aliphatic heterocycles. The number of carboxylic acid groups (broad SMARTS) is 1. The van der Waals surface area contributed by atoms with E-state index in [1.54, 1.807) is 11.4 Å². The van der Waals surface area contributed by atoms with Crippen molar-refractivity contribution in [3.05, 3.63) is 21.9 Å². The van der Waals surface area contributed by atoms with E-state index in [1.807, 2.05) is 0 Å². The van der Waals surface area contributed by atoms with Gasteiger partial charge in [0.05, 0.1) is 5.56 Å². The molecular weight excluding hydrogens is 248 g/mol. The Morgan fingerprint density at radius 3 is 3.11 bits per heavy atom. The predicted octanol–water partition coefficient (Wildman–Crippen LogP) is 1.88. The van der Waals surface area contributed by atoms with Crippen LogP contribution >= 0.6 is 11.3 Å². The molecule has 0 saturated carbocycles. The Morgan fingerprint density at radius 1 is 1.67 bits per heavy atom. The maximum Gasteiger partial charge on any atom is 0.336 e. The Kier molecular flexibility index (Phi) is 4.74. The topological polar surface area (TPSA) is 52.6 Å². The minimum Gasteiger partial charge on any atom is -0.478 e. The van der Waals surface area contributed by atoms with Crippen LogP contribution in [0.2, 0.25) is 0 Å². The fourth-order valence-corrected chi connectivity index (χ4v) is 3.18. The molecule has 1 aromatic heterocycles. The van der Waals surface area contributed by atoms with Crippen molar-refractivity contribution in [1.29, 1.82) is 0 Å². The van der Waals surface area contributed by atoms with Crippen LogP contribution in [0.5, 0.6) is 0 Å². The molecule has 0 aromatic carbocycles. The van der Waals surface area contributed by atoms with Crippen molar-refractivity contribution in [3.63, 3.8) is 0 Å². The van der Waals surface area contributed by atoms with Crippen LogP contribution in [0.1, 0.15) is 28.6 Å². The maximum atomic E-state index is 10.7. The third-order valence-corrected chi connectivity index (χ3v) is 4.39. The van der Waals surface area contributed by atoms with Gasteiger partial charge in [-0.25, -0.2) is 4.79 Å². The summed E-state index contributed by atoms with van der Waals surface area (Å²) in [4.78, 5) is 14.3. The van der Waals surface area contributed by atoms with Crippen LogP contribution in [0.4, 0.5) is 0 Å². The third kappa shape index (κ3) is 3.54. The zero-order valence-electron chi connectivity index (χ0n) is 10.7. The SMILES string of the molecule is CCN1CCC(CNCc2cc(C(=O)O)cs2)C1. The number of aromatic carboxylic acids is 1. The second-order valence-electron chi connectivity index (χ2n) is 4.79. The van der Waals surface area contributed by atoms with Crippen molar-refractivity contribution in [2.45, 2.75) is 19.9 Å². The van der Waals surface area contributed by atoms with Crippen molar-refractivity contribution < 1.29 is 9.90 Å². The van der Waals surface area contributed by atoms with Crippen molar-refractivity contribution in [3.8, 4) is 0 Å². The molecule has 2 heterocycles. The lowest BCUT2D eigenvalue weighted by atomic mass is 10.1. The molecule has 1 saturated heterocycles. The number of rotatable bonds is 6. The molecule has 18 heavy (non-hydrogen) atoms. The molecule has 1 fully saturated rings. The van der Waals surface area contributed by atoms with Gasteiger partial charge in [0.15, 0.2) is 0 Å². The Balaban J connectivity index is 1.70. The van der Waals surface area contributed by atoms with Gasteiger partial charge < -0.3 is 15.3 Å². The normalized spacial score (nSPS) is 20.4. The van der Waals surface area contributed by atoms with E-state index in [0.717, 1.165) is 30.4 Å². The van der Waals surface area contributed by atoms with Crippen LogP contribution < -0.4 is 5.32 Å². The fourth-order valence-electron chi connectivity index (χ4n) is 2.35. The lowest BCUT2D eigenvalue weighted by Gasteiger charge is -2.13. The number of hydrogen-bond donors (Lipinski definition) is 2. The molecule has 4 nitrogen and oxygen atoms in total. The van der Waals surface area contributed by atoms with Crippen LogP contribution in [-0.2, 0) is 6.54 Å². The summed E-state index contributed by atoms with van der Waals surface area (Å²) in [6.07, 6.45) is 1.27. The highest BCUT2D eigenvalue weighted by molar-refractivity contribution is 7.10. The van der Waals surface area contributed by atoms with Crippen LogP contribution in [0.3, 0.4) is 0 Å². The van der Waals surface area contributed by atoms with E-state index in [4.69, 9.17) is 5.11 Å². The Bertz CT molecular complexity index is 405. The number of thiophene rings is 1. The highest BCUT2D eigenvalue weighted by Crippen LogP contribution is 2.16. The molecule has 2 N–H and O–H groups in total. The van der Waals surface area contributed by atoms with Gasteiger partial charge in [-0.05, 0) is 38.0 Å². The van der Waals surface area contributed by atoms with Gasteiger partial charge in [0.25, 0.3) is 0 Å². The lowest BCUT2D eigenvalue weighted by molar-refractivity contribution is 0.0697. The van der Waals surface area contributed by atoms with E-state index in [0.29, 0.717) is 5.56 Å². The van der Waals surface area contributed by atoms with E-state index in [2.05, 4.69) is 17.1 Å². The summed E-state index contributed by atoms with van der Waals surface area (Å²) in [5.41, 5.74) is 0.398. The molecule has 100 valence electrons. The second-order valence-corrected chi connectivity index (χ2v) is 5.78. The summed E-state index contributed by atoms with van der Waals surface area (Å²) >= 11 is 1.51. The fraction of sp³-hybridized carbons (Fsp3) is 0.615. The van der Waals surface area contributed by atoms with E-state index in [9.17, 15) is 4.79 Å². The number of carboxylic acids is 1. The van der Waals surface area contributed by atoms with Crippen molar-refractivity contribution >= 4 is 17.3 Å². The number of nitrogens with zero attached hydrogens (tertiary/aromatic N) is 1. The standard InChI is InChI=1S/C13H20N2O2S/c1-2-15-4-3-10(8-15)6-14-7-12-5-11(9-18-12)13(16)17/h5,9-10,14H,2-4,6-8H2,1H3,(H,16,17). The van der Waals surface area contributed by atoms with E-state index < -0.39 is 5.97 Å². The van der Waals surface area contributed by atoms with Crippen LogP contribution in [0, 0.1) is 5.92 Å². The van der Waals surface area contributed by atoms with Gasteiger partial charge in [0.1, 0.15) is 0 Å². The highest BCUT2D eigenvalue weighted by Gasteiger charge is 2.20. The van der Waals surface area contributed by atoms with E-state index in [1.165, 1.54) is 30.8 Å². The molecule has 0 bridgehead atoms. The van der Waals surface area contributed by atoms with Crippen molar-refractivity contribution in [1.82, 2.24) is 10.2 Å².